The second-order valence-corrected chi connectivity index (χ2v) is 4.31. The van der Waals surface area contributed by atoms with Gasteiger partial charge in [0.1, 0.15) is 17.1 Å². The Morgan fingerprint density at radius 2 is 2.14 bits per heavy atom. The summed E-state index contributed by atoms with van der Waals surface area (Å²) in [5.74, 6) is -1.97. The molecule has 1 aromatic carbocycles. The van der Waals surface area contributed by atoms with E-state index in [-0.39, 0.29) is 10.8 Å². The summed E-state index contributed by atoms with van der Waals surface area (Å²) in [6, 6.07) is 4.69. The monoisotopic (exact) mass is 310 g/mol. The normalized spacial score (nSPS) is 10.2. The minimum atomic E-state index is -0.984. The number of nitrogens with two attached hydrogens (primary N) is 1. The number of anilines is 2. The number of amides is 1. The Morgan fingerprint density at radius 1 is 1.43 bits per heavy atom. The molecule has 0 spiro atoms. The Hall–Kier alpha value is -2.74. The number of nitrogens with one attached hydrogen (secondary N) is 1. The van der Waals surface area contributed by atoms with Crippen molar-refractivity contribution in [2.45, 2.75) is 0 Å². The van der Waals surface area contributed by atoms with E-state index < -0.39 is 33.6 Å². The number of benzene rings is 1. The van der Waals surface area contributed by atoms with Crippen molar-refractivity contribution in [3.05, 3.63) is 57.0 Å². The second-order valence-electron chi connectivity index (χ2n) is 3.90. The van der Waals surface area contributed by atoms with Gasteiger partial charge in [-0.25, -0.2) is 9.37 Å². The summed E-state index contributed by atoms with van der Waals surface area (Å²) in [4.78, 5) is 25.8. The number of nitrogens with zero attached hydrogens (tertiary/aromatic N) is 2. The van der Waals surface area contributed by atoms with Gasteiger partial charge in [-0.15, -0.1) is 0 Å². The standard InChI is InChI=1S/C12H8ClFN4O3/c13-6-2-1-5-16-11(6)17-12(19)9-7(14)3-4-8(10(9)15)18(20)21/h1-5H,15H2,(H,16,17,19). The molecule has 1 aromatic heterocycles. The summed E-state index contributed by atoms with van der Waals surface area (Å²) >= 11 is 5.81. The first kappa shape index (κ1) is 14.7. The van der Waals surface area contributed by atoms with Gasteiger partial charge in [-0.05, 0) is 18.2 Å². The van der Waals surface area contributed by atoms with Crippen LogP contribution in [-0.4, -0.2) is 15.8 Å². The van der Waals surface area contributed by atoms with Gasteiger partial charge in [-0.3, -0.25) is 14.9 Å². The average molecular weight is 311 g/mol. The third-order valence-corrected chi connectivity index (χ3v) is 2.89. The van der Waals surface area contributed by atoms with Crippen LogP contribution in [-0.2, 0) is 0 Å². The fraction of sp³-hybridized carbons (Fsp3) is 0. The van der Waals surface area contributed by atoms with Crippen molar-refractivity contribution in [2.24, 2.45) is 0 Å². The second kappa shape index (κ2) is 5.71. The third kappa shape index (κ3) is 2.90. The molecule has 0 aliphatic carbocycles. The molecule has 0 aliphatic heterocycles. The van der Waals surface area contributed by atoms with Gasteiger partial charge in [-0.2, -0.15) is 0 Å². The zero-order valence-corrected chi connectivity index (χ0v) is 11.1. The van der Waals surface area contributed by atoms with Gasteiger partial charge in [0.25, 0.3) is 11.6 Å². The molecule has 1 amide bonds. The largest absolute Gasteiger partial charge is 0.392 e. The molecule has 0 aliphatic rings. The summed E-state index contributed by atoms with van der Waals surface area (Å²) in [5.41, 5.74) is 3.72. The molecule has 108 valence electrons. The Balaban J connectivity index is 2.42. The highest BCUT2D eigenvalue weighted by Crippen LogP contribution is 2.28. The van der Waals surface area contributed by atoms with E-state index in [0.717, 1.165) is 12.1 Å². The molecule has 2 rings (SSSR count). The highest BCUT2D eigenvalue weighted by Gasteiger charge is 2.24. The maximum atomic E-state index is 13.7. The molecule has 21 heavy (non-hydrogen) atoms. The highest BCUT2D eigenvalue weighted by molar-refractivity contribution is 6.33. The number of carbonyl (C=O) groups is 1. The smallest absolute Gasteiger partial charge is 0.293 e. The first-order valence-corrected chi connectivity index (χ1v) is 5.94. The minimum Gasteiger partial charge on any atom is -0.392 e. The van der Waals surface area contributed by atoms with Crippen LogP contribution in [0, 0.1) is 15.9 Å². The lowest BCUT2D eigenvalue weighted by atomic mass is 10.1. The fourth-order valence-corrected chi connectivity index (χ4v) is 1.79. The molecule has 0 bridgehead atoms. The van der Waals surface area contributed by atoms with Crippen LogP contribution in [0.25, 0.3) is 0 Å². The molecule has 0 saturated heterocycles. The first-order chi connectivity index (χ1) is 9.91. The van der Waals surface area contributed by atoms with Gasteiger partial charge in [0, 0.05) is 12.3 Å². The SMILES string of the molecule is Nc1c([N+](=O)[O-])ccc(F)c1C(=O)Nc1ncccc1Cl. The molecule has 3 N–H and O–H groups in total. The zero-order valence-electron chi connectivity index (χ0n) is 10.3. The third-order valence-electron chi connectivity index (χ3n) is 2.59. The fourth-order valence-electron chi connectivity index (χ4n) is 1.62. The molecule has 7 nitrogen and oxygen atoms in total. The first-order valence-electron chi connectivity index (χ1n) is 5.56. The maximum Gasteiger partial charge on any atom is 0.293 e. The topological polar surface area (TPSA) is 111 Å². The Morgan fingerprint density at radius 3 is 2.76 bits per heavy atom. The van der Waals surface area contributed by atoms with Gasteiger partial charge in [-0.1, -0.05) is 11.6 Å². The quantitative estimate of drug-likeness (QED) is 0.514. The molecular formula is C12H8ClFN4O3. The van der Waals surface area contributed by atoms with E-state index in [1.165, 1.54) is 12.3 Å². The van der Waals surface area contributed by atoms with E-state index in [9.17, 15) is 19.3 Å². The number of pyridine rings is 1. The minimum absolute atomic E-state index is 0.00512. The van der Waals surface area contributed by atoms with Crippen molar-refractivity contribution >= 4 is 34.7 Å². The number of nitro groups is 1. The predicted octanol–water partition coefficient (Wildman–Crippen LogP) is 2.62. The molecular weight excluding hydrogens is 303 g/mol. The molecule has 0 atom stereocenters. The average Bonchev–Trinajstić information content (AvgIpc) is 2.41. The van der Waals surface area contributed by atoms with Crippen LogP contribution in [0.1, 0.15) is 10.4 Å². The van der Waals surface area contributed by atoms with Crippen molar-refractivity contribution in [1.82, 2.24) is 4.98 Å². The van der Waals surface area contributed by atoms with E-state index in [0.29, 0.717) is 0 Å². The Labute approximate surface area is 122 Å². The highest BCUT2D eigenvalue weighted by atomic mass is 35.5. The predicted molar refractivity (Wildman–Crippen MR) is 74.7 cm³/mol. The van der Waals surface area contributed by atoms with E-state index >= 15 is 0 Å². The van der Waals surface area contributed by atoms with Crippen molar-refractivity contribution in [2.75, 3.05) is 11.1 Å². The van der Waals surface area contributed by atoms with Gasteiger partial charge in [0.2, 0.25) is 0 Å². The Kier molecular flexibility index (Phi) is 3.99. The van der Waals surface area contributed by atoms with E-state index in [2.05, 4.69) is 10.3 Å². The van der Waals surface area contributed by atoms with Crippen molar-refractivity contribution in [1.29, 1.82) is 0 Å². The van der Waals surface area contributed by atoms with Crippen LogP contribution in [0.4, 0.5) is 21.6 Å². The molecule has 9 heteroatoms. The molecule has 0 radical (unpaired) electrons. The summed E-state index contributed by atoms with van der Waals surface area (Å²) in [6.45, 7) is 0. The zero-order chi connectivity index (χ0) is 15.6. The number of nitrogen functional groups attached to an aromatic ring is 1. The van der Waals surface area contributed by atoms with E-state index in [4.69, 9.17) is 17.3 Å². The molecule has 0 fully saturated rings. The van der Waals surface area contributed by atoms with Crippen LogP contribution >= 0.6 is 11.6 Å². The van der Waals surface area contributed by atoms with Crippen LogP contribution < -0.4 is 11.1 Å². The summed E-state index contributed by atoms with van der Waals surface area (Å²) < 4.78 is 13.7. The van der Waals surface area contributed by atoms with Crippen LogP contribution in [0.5, 0.6) is 0 Å². The number of aromatic nitrogens is 1. The number of hydrogen-bond donors (Lipinski definition) is 2. The molecule has 0 unspecified atom stereocenters. The number of nitro benzene ring substituents is 1. The lowest BCUT2D eigenvalue weighted by Crippen LogP contribution is -2.17. The summed E-state index contributed by atoms with van der Waals surface area (Å²) in [6.07, 6.45) is 1.37. The number of halogens is 2. The van der Waals surface area contributed by atoms with Gasteiger partial charge >= 0.3 is 0 Å². The number of hydrogen-bond acceptors (Lipinski definition) is 5. The lowest BCUT2D eigenvalue weighted by molar-refractivity contribution is -0.384. The van der Waals surface area contributed by atoms with Gasteiger partial charge in [0.05, 0.1) is 9.95 Å². The molecule has 0 saturated carbocycles. The van der Waals surface area contributed by atoms with Crippen molar-refractivity contribution in [3.63, 3.8) is 0 Å². The maximum absolute atomic E-state index is 13.7. The van der Waals surface area contributed by atoms with E-state index in [1.54, 1.807) is 6.07 Å². The number of carbonyl (C=O) groups excluding carboxylic acids is 1. The van der Waals surface area contributed by atoms with Crippen LogP contribution in [0.2, 0.25) is 5.02 Å². The number of rotatable bonds is 3. The Bertz CT molecular complexity index is 738. The lowest BCUT2D eigenvalue weighted by Gasteiger charge is -2.09. The molecule has 2 aromatic rings. The molecule has 1 heterocycles. The summed E-state index contributed by atoms with van der Waals surface area (Å²) in [7, 11) is 0. The van der Waals surface area contributed by atoms with Crippen molar-refractivity contribution in [3.8, 4) is 0 Å². The van der Waals surface area contributed by atoms with Crippen LogP contribution in [0.15, 0.2) is 30.5 Å². The summed E-state index contributed by atoms with van der Waals surface area (Å²) in [5, 5.41) is 13.1. The van der Waals surface area contributed by atoms with E-state index in [1.807, 2.05) is 0 Å². The van der Waals surface area contributed by atoms with Gasteiger partial charge < -0.3 is 11.1 Å². The van der Waals surface area contributed by atoms with Crippen molar-refractivity contribution < 1.29 is 14.1 Å². The van der Waals surface area contributed by atoms with Gasteiger partial charge in [0.15, 0.2) is 5.82 Å². The van der Waals surface area contributed by atoms with Crippen LogP contribution in [0.3, 0.4) is 0 Å².